The van der Waals surface area contributed by atoms with E-state index in [-0.39, 0.29) is 23.9 Å². The number of methoxy groups -OCH3 is 2. The van der Waals surface area contributed by atoms with Crippen molar-refractivity contribution >= 4 is 24.4 Å². The molecule has 2 rings (SSSR count). The highest BCUT2D eigenvalue weighted by molar-refractivity contribution is 5.75. The summed E-state index contributed by atoms with van der Waals surface area (Å²) in [7, 11) is 2.16. The van der Waals surface area contributed by atoms with E-state index in [0.29, 0.717) is 5.56 Å². The number of benzene rings is 2. The van der Waals surface area contributed by atoms with Crippen LogP contribution in [0.2, 0.25) is 0 Å². The van der Waals surface area contributed by atoms with E-state index >= 15 is 0 Å². The van der Waals surface area contributed by atoms with Gasteiger partial charge in [-0.15, -0.1) is 0 Å². The fourth-order valence-corrected chi connectivity index (χ4v) is 3.12. The molecule has 12 nitrogen and oxygen atoms in total. The van der Waals surface area contributed by atoms with E-state index in [1.54, 1.807) is 37.3 Å². The quantitative estimate of drug-likeness (QED) is 0.298. The van der Waals surface area contributed by atoms with Crippen molar-refractivity contribution in [3.05, 3.63) is 54.1 Å². The summed E-state index contributed by atoms with van der Waals surface area (Å²) in [6, 6.07) is 10.8. The first-order valence-electron chi connectivity index (χ1n) is 10.2. The van der Waals surface area contributed by atoms with E-state index in [9.17, 15) is 24.3 Å². The maximum atomic E-state index is 12.0. The molecular weight excluding hydrogens is 466 g/mol. The van der Waals surface area contributed by atoms with Gasteiger partial charge >= 0.3 is 24.4 Å². The number of carbonyl (C=O) groups is 4. The highest BCUT2D eigenvalue weighted by Crippen LogP contribution is 2.36. The van der Waals surface area contributed by atoms with Gasteiger partial charge in [-0.2, -0.15) is 0 Å². The lowest BCUT2D eigenvalue weighted by Crippen LogP contribution is -2.40. The van der Waals surface area contributed by atoms with Crippen LogP contribution in [-0.4, -0.2) is 56.4 Å². The lowest BCUT2D eigenvalue weighted by atomic mass is 9.82. The number of para-hydroxylation sites is 1. The fraction of sp³-hybridized carbons (Fsp3) is 0.304. The van der Waals surface area contributed by atoms with Crippen molar-refractivity contribution in [1.29, 1.82) is 0 Å². The van der Waals surface area contributed by atoms with Crippen LogP contribution in [0, 0.1) is 5.92 Å². The second-order valence-electron chi connectivity index (χ2n) is 7.16. The molecule has 0 amide bonds. The molecule has 12 heteroatoms. The van der Waals surface area contributed by atoms with E-state index in [2.05, 4.69) is 9.47 Å². The minimum atomic E-state index is -1.43. The maximum Gasteiger partial charge on any atom is 0.513 e. The van der Waals surface area contributed by atoms with Crippen molar-refractivity contribution in [2.75, 3.05) is 20.8 Å². The Morgan fingerprint density at radius 1 is 0.857 bits per heavy atom. The number of rotatable bonds is 9. The third-order valence-electron chi connectivity index (χ3n) is 4.77. The summed E-state index contributed by atoms with van der Waals surface area (Å²) >= 11 is 0. The fourth-order valence-electron chi connectivity index (χ4n) is 3.12. The topological polar surface area (TPSA) is 170 Å². The molecule has 0 aromatic heterocycles. The number of hydrogen-bond donors (Lipinski definition) is 2. The molecule has 35 heavy (non-hydrogen) atoms. The Bertz CT molecular complexity index is 1040. The zero-order chi connectivity index (χ0) is 26.0. The zero-order valence-corrected chi connectivity index (χ0v) is 19.2. The van der Waals surface area contributed by atoms with Gasteiger partial charge in [0.05, 0.1) is 20.8 Å². The Morgan fingerprint density at radius 2 is 1.46 bits per heavy atom. The van der Waals surface area contributed by atoms with Gasteiger partial charge in [0, 0.05) is 5.92 Å². The molecule has 0 radical (unpaired) electrons. The Balaban J connectivity index is 2.28. The predicted molar refractivity (Wildman–Crippen MR) is 118 cm³/mol. The van der Waals surface area contributed by atoms with Crippen molar-refractivity contribution in [2.24, 2.45) is 11.7 Å². The molecule has 0 aliphatic carbocycles. The van der Waals surface area contributed by atoms with E-state index in [0.717, 1.165) is 14.2 Å². The Labute approximate surface area is 200 Å². The van der Waals surface area contributed by atoms with Crippen molar-refractivity contribution in [2.45, 2.75) is 18.9 Å². The summed E-state index contributed by atoms with van der Waals surface area (Å²) in [5, 5.41) is 9.54. The predicted octanol–water partition coefficient (Wildman–Crippen LogP) is 3.32. The number of carboxylic acid groups (broad SMARTS) is 1. The minimum Gasteiger partial charge on any atom is -0.480 e. The van der Waals surface area contributed by atoms with Crippen LogP contribution in [0.4, 0.5) is 14.4 Å². The Morgan fingerprint density at radius 3 is 2.03 bits per heavy atom. The highest BCUT2D eigenvalue weighted by Gasteiger charge is 2.33. The zero-order valence-electron chi connectivity index (χ0n) is 19.2. The van der Waals surface area contributed by atoms with Crippen LogP contribution in [0.5, 0.6) is 17.2 Å². The SMILES string of the molecule is COC(=O)Oc1ccc(C(C(C)COC(=O)Oc2ccccc2)[C@H](N)C(=O)O)cc1OC(=O)OC. The van der Waals surface area contributed by atoms with Crippen molar-refractivity contribution in [3.63, 3.8) is 0 Å². The molecule has 188 valence electrons. The molecule has 0 spiro atoms. The van der Waals surface area contributed by atoms with Crippen LogP contribution in [0.1, 0.15) is 18.4 Å². The van der Waals surface area contributed by atoms with Gasteiger partial charge in [-0.05, 0) is 35.7 Å². The van der Waals surface area contributed by atoms with Crippen LogP contribution < -0.4 is 19.9 Å². The smallest absolute Gasteiger partial charge is 0.480 e. The molecule has 0 heterocycles. The molecule has 0 saturated heterocycles. The Hall–Kier alpha value is -4.32. The molecule has 3 atom stereocenters. The third-order valence-corrected chi connectivity index (χ3v) is 4.77. The number of aliphatic carboxylic acids is 1. The van der Waals surface area contributed by atoms with Gasteiger partial charge in [0.25, 0.3) is 0 Å². The van der Waals surface area contributed by atoms with Gasteiger partial charge in [0.1, 0.15) is 11.8 Å². The summed E-state index contributed by atoms with van der Waals surface area (Å²) < 4.78 is 29.1. The first kappa shape index (κ1) is 26.9. The van der Waals surface area contributed by atoms with Gasteiger partial charge in [-0.3, -0.25) is 4.79 Å². The summed E-state index contributed by atoms with van der Waals surface area (Å²) in [6.07, 6.45) is -3.18. The second-order valence-corrected chi connectivity index (χ2v) is 7.16. The molecule has 0 saturated carbocycles. The van der Waals surface area contributed by atoms with E-state index in [1.165, 1.54) is 18.2 Å². The van der Waals surface area contributed by atoms with Crippen LogP contribution in [0.3, 0.4) is 0 Å². The summed E-state index contributed by atoms with van der Waals surface area (Å²) in [4.78, 5) is 46.9. The molecule has 2 aromatic carbocycles. The minimum absolute atomic E-state index is 0.191. The Kier molecular flexibility index (Phi) is 9.84. The van der Waals surface area contributed by atoms with Gasteiger partial charge in [0.2, 0.25) is 0 Å². The number of ether oxygens (including phenoxy) is 6. The van der Waals surface area contributed by atoms with Gasteiger partial charge in [-0.25, -0.2) is 14.4 Å². The molecule has 2 aromatic rings. The first-order chi connectivity index (χ1) is 16.7. The van der Waals surface area contributed by atoms with Gasteiger partial charge in [-0.1, -0.05) is 31.2 Å². The van der Waals surface area contributed by atoms with Gasteiger partial charge < -0.3 is 39.3 Å². The number of hydrogen-bond acceptors (Lipinski definition) is 11. The lowest BCUT2D eigenvalue weighted by Gasteiger charge is -2.27. The van der Waals surface area contributed by atoms with E-state index in [4.69, 9.17) is 24.7 Å². The molecule has 0 aliphatic heterocycles. The third kappa shape index (κ3) is 7.89. The summed E-state index contributed by atoms with van der Waals surface area (Å²) in [5.41, 5.74) is 6.23. The lowest BCUT2D eigenvalue weighted by molar-refractivity contribution is -0.139. The number of carboxylic acids is 1. The standard InChI is InChI=1S/C23H25NO11/c1-13(12-32-23(29)33-15-7-5-4-6-8-15)18(19(24)20(25)26)14-9-10-16(34-21(27)30-2)17(11-14)35-22(28)31-3/h4-11,13,18-19H,12,24H2,1-3H3,(H,25,26)/t13?,18?,19-/m0/s1. The number of carbonyl (C=O) groups excluding carboxylic acids is 3. The number of nitrogens with two attached hydrogens (primary N) is 1. The van der Waals surface area contributed by atoms with Gasteiger partial charge in [0.15, 0.2) is 11.5 Å². The molecule has 0 fully saturated rings. The largest absolute Gasteiger partial charge is 0.513 e. The summed E-state index contributed by atoms with van der Waals surface area (Å²) in [5.74, 6) is -3.05. The second kappa shape index (κ2) is 12.8. The molecule has 0 aliphatic rings. The van der Waals surface area contributed by atoms with Crippen molar-refractivity contribution in [3.8, 4) is 17.2 Å². The van der Waals surface area contributed by atoms with Crippen LogP contribution in [0.15, 0.2) is 48.5 Å². The average Bonchev–Trinajstić information content (AvgIpc) is 2.84. The van der Waals surface area contributed by atoms with E-state index in [1.807, 2.05) is 0 Å². The molecular formula is C23H25NO11. The van der Waals surface area contributed by atoms with Crippen LogP contribution in [0.25, 0.3) is 0 Å². The monoisotopic (exact) mass is 491 g/mol. The average molecular weight is 491 g/mol. The first-order valence-corrected chi connectivity index (χ1v) is 10.2. The van der Waals surface area contributed by atoms with Crippen LogP contribution >= 0.6 is 0 Å². The maximum absolute atomic E-state index is 12.0. The molecule has 3 N–H and O–H groups in total. The van der Waals surface area contributed by atoms with E-state index < -0.39 is 42.3 Å². The van der Waals surface area contributed by atoms with Crippen molar-refractivity contribution < 1.29 is 52.7 Å². The molecule has 0 bridgehead atoms. The van der Waals surface area contributed by atoms with Crippen LogP contribution in [-0.2, 0) is 19.0 Å². The van der Waals surface area contributed by atoms with Crippen molar-refractivity contribution in [1.82, 2.24) is 0 Å². The highest BCUT2D eigenvalue weighted by atomic mass is 16.7. The normalized spacial score (nSPS) is 12.9. The summed E-state index contributed by atoms with van der Waals surface area (Å²) in [6.45, 7) is 1.37. The molecule has 2 unspecified atom stereocenters.